The maximum atomic E-state index is 13.2. The van der Waals surface area contributed by atoms with E-state index in [1.165, 1.54) is 21.1 Å². The molecular formula is C21H22F3N3O4. The van der Waals surface area contributed by atoms with Gasteiger partial charge in [0.25, 0.3) is 5.56 Å². The first-order valence-electron chi connectivity index (χ1n) is 9.58. The Morgan fingerprint density at radius 3 is 2.61 bits per heavy atom. The molecule has 0 radical (unpaired) electrons. The highest BCUT2D eigenvalue weighted by atomic mass is 19.4. The summed E-state index contributed by atoms with van der Waals surface area (Å²) in [4.78, 5) is 25.5. The molecule has 2 aromatic heterocycles. The third-order valence-corrected chi connectivity index (χ3v) is 4.44. The molecule has 0 saturated heterocycles. The van der Waals surface area contributed by atoms with Crippen molar-refractivity contribution in [3.8, 4) is 17.0 Å². The fraction of sp³-hybridized carbons (Fsp3) is 0.333. The summed E-state index contributed by atoms with van der Waals surface area (Å²) in [5.41, 5.74) is 1.03. The topological polar surface area (TPSA) is 85.0 Å². The molecule has 2 heterocycles. The molecule has 1 amide bonds. The van der Waals surface area contributed by atoms with E-state index in [-0.39, 0.29) is 36.0 Å². The van der Waals surface area contributed by atoms with Crippen LogP contribution in [0.1, 0.15) is 19.4 Å². The van der Waals surface area contributed by atoms with E-state index in [9.17, 15) is 27.9 Å². The highest BCUT2D eigenvalue weighted by Gasteiger charge is 2.31. The number of hydrogen-bond donors (Lipinski definition) is 2. The number of alkyl halides is 3. The van der Waals surface area contributed by atoms with Gasteiger partial charge >= 0.3 is 6.36 Å². The molecule has 166 valence electrons. The van der Waals surface area contributed by atoms with Gasteiger partial charge in [0.1, 0.15) is 17.8 Å². The summed E-state index contributed by atoms with van der Waals surface area (Å²) < 4.78 is 44.7. The van der Waals surface area contributed by atoms with E-state index in [1.54, 1.807) is 32.3 Å². The van der Waals surface area contributed by atoms with Crippen molar-refractivity contribution in [2.45, 2.75) is 39.2 Å². The molecule has 0 bridgehead atoms. The average Bonchev–Trinajstić information content (AvgIpc) is 3.05. The van der Waals surface area contributed by atoms with Gasteiger partial charge < -0.3 is 19.6 Å². The van der Waals surface area contributed by atoms with E-state index in [1.807, 2.05) is 0 Å². The Balaban J connectivity index is 2.16. The van der Waals surface area contributed by atoms with Crippen LogP contribution in [0.15, 0.2) is 47.5 Å². The number of hydrogen-bond acceptors (Lipinski definition) is 4. The lowest BCUT2D eigenvalue weighted by molar-refractivity contribution is -0.274. The van der Waals surface area contributed by atoms with Gasteiger partial charge in [-0.3, -0.25) is 14.2 Å². The minimum absolute atomic E-state index is 0.106. The fourth-order valence-electron chi connectivity index (χ4n) is 3.28. The molecule has 0 saturated carbocycles. The van der Waals surface area contributed by atoms with Crippen molar-refractivity contribution in [3.05, 3.63) is 58.6 Å². The number of halogens is 3. The van der Waals surface area contributed by atoms with Crippen LogP contribution in [0.4, 0.5) is 13.2 Å². The molecule has 1 aromatic carbocycles. The highest BCUT2D eigenvalue weighted by molar-refractivity contribution is 5.77. The molecule has 10 heteroatoms. The molecule has 0 aliphatic heterocycles. The third kappa shape index (κ3) is 5.46. The van der Waals surface area contributed by atoms with Gasteiger partial charge in [-0.1, -0.05) is 12.1 Å². The number of ether oxygens (including phenoxy) is 1. The SMILES string of the molecule is CC(C)NC(=O)Cn1c(-c2cccc(OC(F)(F)F)c2)cn2cc(CCO)cc2c1=O. The van der Waals surface area contributed by atoms with Crippen LogP contribution in [0, 0.1) is 0 Å². The first-order valence-corrected chi connectivity index (χ1v) is 9.58. The van der Waals surface area contributed by atoms with Gasteiger partial charge in [-0.25, -0.2) is 0 Å². The van der Waals surface area contributed by atoms with E-state index >= 15 is 0 Å². The van der Waals surface area contributed by atoms with E-state index in [2.05, 4.69) is 10.1 Å². The quantitative estimate of drug-likeness (QED) is 0.595. The molecule has 0 unspecified atom stereocenters. The lowest BCUT2D eigenvalue weighted by Gasteiger charge is -2.16. The Labute approximate surface area is 175 Å². The Morgan fingerprint density at radius 2 is 1.97 bits per heavy atom. The van der Waals surface area contributed by atoms with E-state index in [0.717, 1.165) is 12.1 Å². The number of carbonyl (C=O) groups is 1. The molecule has 0 fully saturated rings. The molecule has 0 atom stereocenters. The maximum absolute atomic E-state index is 13.2. The molecule has 0 aliphatic rings. The number of aliphatic hydroxyl groups excluding tert-OH is 1. The van der Waals surface area contributed by atoms with Crippen LogP contribution < -0.4 is 15.6 Å². The molecular weight excluding hydrogens is 415 g/mol. The second-order valence-corrected chi connectivity index (χ2v) is 7.32. The van der Waals surface area contributed by atoms with Gasteiger partial charge in [-0.2, -0.15) is 0 Å². The number of rotatable bonds is 7. The van der Waals surface area contributed by atoms with Crippen LogP contribution in [0.25, 0.3) is 16.8 Å². The van der Waals surface area contributed by atoms with E-state index in [0.29, 0.717) is 12.0 Å². The summed E-state index contributed by atoms with van der Waals surface area (Å²) in [6.45, 7) is 3.13. The largest absolute Gasteiger partial charge is 0.573 e. The number of benzene rings is 1. The first-order chi connectivity index (χ1) is 14.6. The number of amides is 1. The normalized spacial score (nSPS) is 11.8. The van der Waals surface area contributed by atoms with Crippen LogP contribution >= 0.6 is 0 Å². The number of carbonyl (C=O) groups excluding carboxylic acids is 1. The minimum Gasteiger partial charge on any atom is -0.406 e. The van der Waals surface area contributed by atoms with Crippen LogP contribution in [-0.4, -0.2) is 39.0 Å². The standard InChI is InChI=1S/C21H22F3N3O4/c1-13(2)25-19(29)12-27-18(15-4-3-5-16(9-15)31-21(22,23)24)11-26-10-14(6-7-28)8-17(26)20(27)30/h3-5,8-11,13,28H,6-7,12H2,1-2H3,(H,25,29). The van der Waals surface area contributed by atoms with E-state index < -0.39 is 23.6 Å². The summed E-state index contributed by atoms with van der Waals surface area (Å²) in [5, 5.41) is 11.9. The summed E-state index contributed by atoms with van der Waals surface area (Å²) in [6, 6.07) is 6.67. The van der Waals surface area contributed by atoms with E-state index in [4.69, 9.17) is 0 Å². The van der Waals surface area contributed by atoms with Gasteiger partial charge in [-0.05, 0) is 44.0 Å². The van der Waals surface area contributed by atoms with Crippen LogP contribution in [0.5, 0.6) is 5.75 Å². The van der Waals surface area contributed by atoms with Crippen molar-refractivity contribution >= 4 is 11.4 Å². The third-order valence-electron chi connectivity index (χ3n) is 4.44. The second kappa shape index (κ2) is 8.84. The smallest absolute Gasteiger partial charge is 0.406 e. The lowest BCUT2D eigenvalue weighted by Crippen LogP contribution is -2.36. The van der Waals surface area contributed by atoms with Gasteiger partial charge in [-0.15, -0.1) is 13.2 Å². The van der Waals surface area contributed by atoms with Gasteiger partial charge in [0.15, 0.2) is 0 Å². The maximum Gasteiger partial charge on any atom is 0.573 e. The van der Waals surface area contributed by atoms with Crippen LogP contribution in [0.2, 0.25) is 0 Å². The minimum atomic E-state index is -4.86. The summed E-state index contributed by atoms with van der Waals surface area (Å²) in [7, 11) is 0. The zero-order chi connectivity index (χ0) is 22.8. The van der Waals surface area contributed by atoms with Gasteiger partial charge in [0.05, 0.1) is 5.69 Å². The van der Waals surface area contributed by atoms with Crippen molar-refractivity contribution in [2.24, 2.45) is 0 Å². The van der Waals surface area contributed by atoms with Crippen LogP contribution in [-0.2, 0) is 17.8 Å². The molecule has 0 spiro atoms. The Hall–Kier alpha value is -3.27. The number of fused-ring (bicyclic) bond motifs is 1. The van der Waals surface area contributed by atoms with Crippen molar-refractivity contribution in [2.75, 3.05) is 6.61 Å². The number of nitrogens with one attached hydrogen (secondary N) is 1. The Kier molecular flexibility index (Phi) is 6.40. The second-order valence-electron chi connectivity index (χ2n) is 7.32. The number of aromatic nitrogens is 2. The summed E-state index contributed by atoms with van der Waals surface area (Å²) >= 11 is 0. The Bertz CT molecular complexity index is 1150. The predicted octanol–water partition coefficient (Wildman–Crippen LogP) is 2.73. The lowest BCUT2D eigenvalue weighted by atomic mass is 10.1. The molecule has 2 N–H and O–H groups in total. The zero-order valence-corrected chi connectivity index (χ0v) is 16.9. The average molecular weight is 437 g/mol. The molecule has 3 aromatic rings. The molecule has 7 nitrogen and oxygen atoms in total. The highest BCUT2D eigenvalue weighted by Crippen LogP contribution is 2.28. The predicted molar refractivity (Wildman–Crippen MR) is 108 cm³/mol. The summed E-state index contributed by atoms with van der Waals surface area (Å²) in [6.07, 6.45) is -1.31. The van der Waals surface area contributed by atoms with Gasteiger partial charge in [0, 0.05) is 30.6 Å². The molecule has 31 heavy (non-hydrogen) atoms. The monoisotopic (exact) mass is 437 g/mol. The van der Waals surface area contributed by atoms with Crippen molar-refractivity contribution in [3.63, 3.8) is 0 Å². The van der Waals surface area contributed by atoms with Gasteiger partial charge in [0.2, 0.25) is 5.91 Å². The number of nitrogens with zero attached hydrogens (tertiary/aromatic N) is 2. The fourth-order valence-corrected chi connectivity index (χ4v) is 3.28. The number of aliphatic hydroxyl groups is 1. The summed E-state index contributed by atoms with van der Waals surface area (Å²) in [5.74, 6) is -0.850. The van der Waals surface area contributed by atoms with Crippen molar-refractivity contribution in [1.82, 2.24) is 14.3 Å². The molecule has 0 aliphatic carbocycles. The zero-order valence-electron chi connectivity index (χ0n) is 16.9. The van der Waals surface area contributed by atoms with Crippen molar-refractivity contribution < 1.29 is 27.8 Å². The van der Waals surface area contributed by atoms with Crippen LogP contribution in [0.3, 0.4) is 0 Å². The first kappa shape index (κ1) is 22.4. The molecule has 3 rings (SSSR count). The van der Waals surface area contributed by atoms with Crippen molar-refractivity contribution in [1.29, 1.82) is 0 Å². The Morgan fingerprint density at radius 1 is 1.23 bits per heavy atom.